The summed E-state index contributed by atoms with van der Waals surface area (Å²) in [5.74, 6) is 1.01. The van der Waals surface area contributed by atoms with Crippen LogP contribution in [0.1, 0.15) is 31.9 Å². The summed E-state index contributed by atoms with van der Waals surface area (Å²) in [6, 6.07) is 18.8. The maximum Gasteiger partial charge on any atom is 0.166 e. The maximum atomic E-state index is 6.03. The van der Waals surface area contributed by atoms with Crippen molar-refractivity contribution in [2.45, 2.75) is 32.8 Å². The second-order valence-corrected chi connectivity index (χ2v) is 8.28. The highest BCUT2D eigenvalue weighted by molar-refractivity contribution is 5.69. The summed E-state index contributed by atoms with van der Waals surface area (Å²) in [7, 11) is 4.06. The van der Waals surface area contributed by atoms with Gasteiger partial charge >= 0.3 is 0 Å². The summed E-state index contributed by atoms with van der Waals surface area (Å²) < 4.78 is 5.98. The van der Waals surface area contributed by atoms with Crippen LogP contribution in [-0.2, 0) is 12.0 Å². The van der Waals surface area contributed by atoms with E-state index in [0.717, 1.165) is 22.4 Å². The van der Waals surface area contributed by atoms with Crippen molar-refractivity contribution in [1.29, 1.82) is 0 Å². The Morgan fingerprint density at radius 3 is 2.14 bits per heavy atom. The highest BCUT2D eigenvalue weighted by atomic mass is 16.5. The van der Waals surface area contributed by atoms with Crippen molar-refractivity contribution >= 4 is 11.5 Å². The van der Waals surface area contributed by atoms with Gasteiger partial charge in [-0.2, -0.15) is 0 Å². The Balaban J connectivity index is 1.75. The molecule has 3 rings (SSSR count). The number of anilines is 2. The zero-order valence-corrected chi connectivity index (χ0v) is 17.4. The Labute approximate surface area is 168 Å². The highest BCUT2D eigenvalue weighted by Gasteiger charge is 2.13. The van der Waals surface area contributed by atoms with Gasteiger partial charge in [-0.05, 0) is 40.3 Å². The molecule has 1 heterocycles. The van der Waals surface area contributed by atoms with Crippen molar-refractivity contribution in [2.75, 3.05) is 24.7 Å². The average Bonchev–Trinajstić information content (AvgIpc) is 2.67. The van der Waals surface area contributed by atoms with E-state index in [4.69, 9.17) is 10.5 Å². The number of aromatic nitrogens is 1. The molecule has 4 heteroatoms. The smallest absolute Gasteiger partial charge is 0.166 e. The summed E-state index contributed by atoms with van der Waals surface area (Å²) in [6.07, 6.45) is 1.78. The van der Waals surface area contributed by atoms with Crippen LogP contribution in [0.5, 0.6) is 5.75 Å². The first kappa shape index (κ1) is 19.7. The molecule has 0 aliphatic rings. The average molecular weight is 376 g/mol. The van der Waals surface area contributed by atoms with Crippen LogP contribution in [0.25, 0.3) is 11.1 Å². The van der Waals surface area contributed by atoms with E-state index in [-0.39, 0.29) is 5.41 Å². The van der Waals surface area contributed by atoms with Crippen LogP contribution in [-0.4, -0.2) is 19.1 Å². The monoisotopic (exact) mass is 375 g/mol. The Hall–Kier alpha value is -3.01. The van der Waals surface area contributed by atoms with Gasteiger partial charge in [0.15, 0.2) is 11.6 Å². The molecule has 2 N–H and O–H groups in total. The molecule has 0 saturated heterocycles. The van der Waals surface area contributed by atoms with Crippen LogP contribution in [0.2, 0.25) is 0 Å². The summed E-state index contributed by atoms with van der Waals surface area (Å²) >= 11 is 0. The molecule has 0 aliphatic carbocycles. The standard InChI is InChI=1S/C24H29N3O/c1-24(2,3)20-10-6-17(7-11-20)16-28-22-14-19(15-26-23(22)25)18-8-12-21(13-9-18)27(4)5/h6-15H,16H2,1-5H3,(H2,25,26). The molecule has 1 aromatic heterocycles. The maximum absolute atomic E-state index is 6.03. The minimum Gasteiger partial charge on any atom is -0.485 e. The van der Waals surface area contributed by atoms with Crippen molar-refractivity contribution in [3.05, 3.63) is 71.9 Å². The van der Waals surface area contributed by atoms with Gasteiger partial charge in [0, 0.05) is 31.5 Å². The van der Waals surface area contributed by atoms with E-state index in [1.807, 2.05) is 20.2 Å². The Morgan fingerprint density at radius 1 is 0.929 bits per heavy atom. The van der Waals surface area contributed by atoms with Crippen LogP contribution in [0.3, 0.4) is 0 Å². The van der Waals surface area contributed by atoms with Crippen molar-refractivity contribution in [3.63, 3.8) is 0 Å². The Kier molecular flexibility index (Phi) is 5.59. The molecule has 146 valence electrons. The lowest BCUT2D eigenvalue weighted by Gasteiger charge is -2.19. The van der Waals surface area contributed by atoms with Gasteiger partial charge in [-0.3, -0.25) is 0 Å². The van der Waals surface area contributed by atoms with Crippen molar-refractivity contribution < 1.29 is 4.74 Å². The summed E-state index contributed by atoms with van der Waals surface area (Å²) in [5, 5.41) is 0. The normalized spacial score (nSPS) is 11.3. The molecule has 0 amide bonds. The van der Waals surface area contributed by atoms with E-state index in [0.29, 0.717) is 18.2 Å². The summed E-state index contributed by atoms with van der Waals surface area (Å²) in [5.41, 5.74) is 11.8. The first-order chi connectivity index (χ1) is 13.2. The molecule has 0 aliphatic heterocycles. The zero-order chi connectivity index (χ0) is 20.3. The van der Waals surface area contributed by atoms with E-state index in [9.17, 15) is 0 Å². The quantitative estimate of drug-likeness (QED) is 0.660. The molecule has 28 heavy (non-hydrogen) atoms. The van der Waals surface area contributed by atoms with Crippen molar-refractivity contribution in [1.82, 2.24) is 4.98 Å². The van der Waals surface area contributed by atoms with Crippen LogP contribution < -0.4 is 15.4 Å². The first-order valence-corrected chi connectivity index (χ1v) is 9.49. The fourth-order valence-corrected chi connectivity index (χ4v) is 2.94. The molecular weight excluding hydrogens is 346 g/mol. The fourth-order valence-electron chi connectivity index (χ4n) is 2.94. The van der Waals surface area contributed by atoms with Gasteiger partial charge in [0.25, 0.3) is 0 Å². The largest absolute Gasteiger partial charge is 0.485 e. The van der Waals surface area contributed by atoms with Crippen LogP contribution in [0.4, 0.5) is 11.5 Å². The van der Waals surface area contributed by atoms with Gasteiger partial charge in [0.05, 0.1) is 0 Å². The molecule has 0 unspecified atom stereocenters. The van der Waals surface area contributed by atoms with Crippen molar-refractivity contribution in [3.8, 4) is 16.9 Å². The molecule has 0 spiro atoms. The van der Waals surface area contributed by atoms with E-state index in [1.54, 1.807) is 6.20 Å². The van der Waals surface area contributed by atoms with Crippen LogP contribution in [0, 0.1) is 0 Å². The number of pyridine rings is 1. The third-order valence-corrected chi connectivity index (χ3v) is 4.81. The zero-order valence-electron chi connectivity index (χ0n) is 17.4. The van der Waals surface area contributed by atoms with Crippen LogP contribution in [0.15, 0.2) is 60.8 Å². The fraction of sp³-hybridized carbons (Fsp3) is 0.292. The molecule has 0 fully saturated rings. The number of nitrogens with two attached hydrogens (primary N) is 1. The third kappa shape index (κ3) is 4.63. The predicted molar refractivity (Wildman–Crippen MR) is 118 cm³/mol. The SMILES string of the molecule is CN(C)c1ccc(-c2cnc(N)c(OCc3ccc(C(C)(C)C)cc3)c2)cc1. The molecule has 4 nitrogen and oxygen atoms in total. The van der Waals surface area contributed by atoms with Gasteiger partial charge in [-0.25, -0.2) is 4.98 Å². The van der Waals surface area contributed by atoms with Gasteiger partial charge in [-0.15, -0.1) is 0 Å². The number of rotatable bonds is 5. The van der Waals surface area contributed by atoms with Gasteiger partial charge in [0.2, 0.25) is 0 Å². The van der Waals surface area contributed by atoms with Gasteiger partial charge < -0.3 is 15.4 Å². The lowest BCUT2D eigenvalue weighted by atomic mass is 9.87. The van der Waals surface area contributed by atoms with Crippen molar-refractivity contribution in [2.24, 2.45) is 0 Å². The first-order valence-electron chi connectivity index (χ1n) is 9.49. The van der Waals surface area contributed by atoms with Gasteiger partial charge in [-0.1, -0.05) is 57.2 Å². The number of benzene rings is 2. The van der Waals surface area contributed by atoms with E-state index in [1.165, 1.54) is 5.56 Å². The molecule has 2 aromatic carbocycles. The molecule has 0 atom stereocenters. The number of hydrogen-bond acceptors (Lipinski definition) is 4. The molecule has 0 saturated carbocycles. The molecule has 3 aromatic rings. The van der Waals surface area contributed by atoms with E-state index < -0.39 is 0 Å². The number of hydrogen-bond donors (Lipinski definition) is 1. The molecule has 0 bridgehead atoms. The Morgan fingerprint density at radius 2 is 1.57 bits per heavy atom. The summed E-state index contributed by atoms with van der Waals surface area (Å²) in [6.45, 7) is 7.09. The lowest BCUT2D eigenvalue weighted by Crippen LogP contribution is -2.11. The van der Waals surface area contributed by atoms with E-state index >= 15 is 0 Å². The third-order valence-electron chi connectivity index (χ3n) is 4.81. The van der Waals surface area contributed by atoms with Gasteiger partial charge in [0.1, 0.15) is 6.61 Å². The predicted octanol–water partition coefficient (Wildman–Crippen LogP) is 5.27. The topological polar surface area (TPSA) is 51.4 Å². The second kappa shape index (κ2) is 7.93. The second-order valence-electron chi connectivity index (χ2n) is 8.28. The minimum atomic E-state index is 0.143. The van der Waals surface area contributed by atoms with E-state index in [2.05, 4.69) is 79.2 Å². The number of nitrogens with zero attached hydrogens (tertiary/aromatic N) is 2. The minimum absolute atomic E-state index is 0.143. The highest BCUT2D eigenvalue weighted by Crippen LogP contribution is 2.29. The number of ether oxygens (including phenoxy) is 1. The Bertz CT molecular complexity index is 924. The number of nitrogen functional groups attached to an aromatic ring is 1. The molecular formula is C24H29N3O. The molecule has 0 radical (unpaired) electrons. The van der Waals surface area contributed by atoms with Crippen LogP contribution >= 0.6 is 0 Å². The lowest BCUT2D eigenvalue weighted by molar-refractivity contribution is 0.307. The summed E-state index contributed by atoms with van der Waals surface area (Å²) in [4.78, 5) is 6.39.